The lowest BCUT2D eigenvalue weighted by atomic mass is 10.2. The van der Waals surface area contributed by atoms with E-state index in [1.165, 1.54) is 0 Å². The lowest BCUT2D eigenvalue weighted by Crippen LogP contribution is -2.10. The Kier molecular flexibility index (Phi) is 3.97. The molecule has 0 saturated carbocycles. The highest BCUT2D eigenvalue weighted by Crippen LogP contribution is 2.26. The molecule has 0 aliphatic rings. The summed E-state index contributed by atoms with van der Waals surface area (Å²) in [6, 6.07) is 0. The van der Waals surface area contributed by atoms with Gasteiger partial charge in [-0.1, -0.05) is 25.4 Å². The number of aryl methyl sites for hydroxylation is 1. The lowest BCUT2D eigenvalue weighted by Gasteiger charge is -2.12. The summed E-state index contributed by atoms with van der Waals surface area (Å²) in [6.07, 6.45) is 0. The summed E-state index contributed by atoms with van der Waals surface area (Å²) in [5, 5.41) is 4.99. The molecule has 0 spiro atoms. The SMILES string of the molecule is Cc1nn(-c2nc(C(C)C)nc(Cl)c2C)c(C)c1Br. The van der Waals surface area contributed by atoms with E-state index in [0.29, 0.717) is 5.15 Å². The summed E-state index contributed by atoms with van der Waals surface area (Å²) in [4.78, 5) is 8.92. The van der Waals surface area contributed by atoms with Gasteiger partial charge in [0.1, 0.15) is 11.0 Å². The summed E-state index contributed by atoms with van der Waals surface area (Å²) in [6.45, 7) is 9.94. The Balaban J connectivity index is 2.70. The first-order valence-corrected chi connectivity index (χ1v) is 7.26. The Labute approximate surface area is 126 Å². The molecule has 2 heterocycles. The first-order chi connectivity index (χ1) is 8.82. The molecule has 0 unspecified atom stereocenters. The van der Waals surface area contributed by atoms with Gasteiger partial charge in [-0.2, -0.15) is 5.10 Å². The lowest BCUT2D eigenvalue weighted by molar-refractivity contribution is 0.729. The molecule has 2 aromatic rings. The van der Waals surface area contributed by atoms with Gasteiger partial charge < -0.3 is 0 Å². The molecule has 19 heavy (non-hydrogen) atoms. The number of nitrogens with zero attached hydrogens (tertiary/aromatic N) is 4. The number of hydrogen-bond acceptors (Lipinski definition) is 3. The molecule has 102 valence electrons. The van der Waals surface area contributed by atoms with Gasteiger partial charge in [-0.15, -0.1) is 0 Å². The molecular formula is C13H16BrClN4. The van der Waals surface area contributed by atoms with Gasteiger partial charge in [-0.25, -0.2) is 14.6 Å². The maximum absolute atomic E-state index is 6.21. The van der Waals surface area contributed by atoms with E-state index in [-0.39, 0.29) is 5.92 Å². The Morgan fingerprint density at radius 1 is 1.16 bits per heavy atom. The Morgan fingerprint density at radius 3 is 2.26 bits per heavy atom. The average molecular weight is 344 g/mol. The van der Waals surface area contributed by atoms with Gasteiger partial charge in [-0.3, -0.25) is 0 Å². The third kappa shape index (κ3) is 2.54. The maximum atomic E-state index is 6.21. The van der Waals surface area contributed by atoms with Gasteiger partial charge in [0.05, 0.1) is 15.9 Å². The van der Waals surface area contributed by atoms with Crippen LogP contribution in [0.4, 0.5) is 0 Å². The number of rotatable bonds is 2. The second kappa shape index (κ2) is 5.21. The summed E-state index contributed by atoms with van der Waals surface area (Å²) in [5.74, 6) is 1.70. The summed E-state index contributed by atoms with van der Waals surface area (Å²) in [5.41, 5.74) is 2.77. The molecular weight excluding hydrogens is 328 g/mol. The van der Waals surface area contributed by atoms with Crippen LogP contribution in [0.15, 0.2) is 4.47 Å². The molecule has 0 fully saturated rings. The van der Waals surface area contributed by atoms with Crippen LogP contribution in [0.25, 0.3) is 5.82 Å². The molecule has 0 amide bonds. The van der Waals surface area contributed by atoms with Crippen LogP contribution in [0.2, 0.25) is 5.15 Å². The van der Waals surface area contributed by atoms with E-state index in [1.807, 2.05) is 39.3 Å². The number of hydrogen-bond donors (Lipinski definition) is 0. The predicted molar refractivity (Wildman–Crippen MR) is 80.2 cm³/mol. The van der Waals surface area contributed by atoms with Crippen LogP contribution in [0, 0.1) is 20.8 Å². The second-order valence-corrected chi connectivity index (χ2v) is 6.02. The largest absolute Gasteiger partial charge is 0.220 e. The minimum atomic E-state index is 0.220. The third-order valence-corrected chi connectivity index (χ3v) is 4.51. The van der Waals surface area contributed by atoms with Crippen molar-refractivity contribution < 1.29 is 0 Å². The monoisotopic (exact) mass is 342 g/mol. The van der Waals surface area contributed by atoms with E-state index in [2.05, 4.69) is 31.0 Å². The second-order valence-electron chi connectivity index (χ2n) is 4.87. The topological polar surface area (TPSA) is 43.6 Å². The van der Waals surface area contributed by atoms with E-state index in [4.69, 9.17) is 11.6 Å². The standard InChI is InChI=1S/C13H16BrClN4/c1-6(2)12-16-11(15)7(3)13(17-12)19-9(5)10(14)8(4)18-19/h6H,1-5H3. The Hall–Kier alpha value is -0.940. The van der Waals surface area contributed by atoms with Crippen LogP contribution < -0.4 is 0 Å². The van der Waals surface area contributed by atoms with Crippen molar-refractivity contribution in [2.75, 3.05) is 0 Å². The molecule has 6 heteroatoms. The fraction of sp³-hybridized carbons (Fsp3) is 0.462. The Bertz CT molecular complexity index is 634. The fourth-order valence-corrected chi connectivity index (χ4v) is 2.21. The number of halogens is 2. The highest BCUT2D eigenvalue weighted by molar-refractivity contribution is 9.10. The van der Waals surface area contributed by atoms with E-state index in [0.717, 1.165) is 33.1 Å². The molecule has 0 bridgehead atoms. The molecule has 0 saturated heterocycles. The van der Waals surface area contributed by atoms with Crippen molar-refractivity contribution >= 4 is 27.5 Å². The number of aromatic nitrogens is 4. The van der Waals surface area contributed by atoms with Crippen LogP contribution in [0.1, 0.15) is 42.5 Å². The van der Waals surface area contributed by atoms with Gasteiger partial charge in [0.15, 0.2) is 5.82 Å². The normalized spacial score (nSPS) is 11.4. The molecule has 0 aliphatic carbocycles. The average Bonchev–Trinajstić information content (AvgIpc) is 2.60. The van der Waals surface area contributed by atoms with Gasteiger partial charge in [0.2, 0.25) is 0 Å². The minimum Gasteiger partial charge on any atom is -0.220 e. The van der Waals surface area contributed by atoms with Crippen LogP contribution in [0.5, 0.6) is 0 Å². The molecule has 0 radical (unpaired) electrons. The molecule has 0 atom stereocenters. The van der Waals surface area contributed by atoms with Crippen molar-refractivity contribution in [1.29, 1.82) is 0 Å². The van der Waals surface area contributed by atoms with E-state index in [1.54, 1.807) is 0 Å². The molecule has 2 rings (SSSR count). The predicted octanol–water partition coefficient (Wildman–Crippen LogP) is 4.13. The zero-order valence-corrected chi connectivity index (χ0v) is 14.0. The summed E-state index contributed by atoms with van der Waals surface area (Å²) >= 11 is 9.74. The highest BCUT2D eigenvalue weighted by Gasteiger charge is 2.17. The molecule has 4 nitrogen and oxygen atoms in total. The Morgan fingerprint density at radius 2 is 1.79 bits per heavy atom. The first-order valence-electron chi connectivity index (χ1n) is 6.09. The van der Waals surface area contributed by atoms with Gasteiger partial charge in [-0.05, 0) is 36.7 Å². The summed E-state index contributed by atoms with van der Waals surface area (Å²) in [7, 11) is 0. The first kappa shape index (κ1) is 14.5. The van der Waals surface area contributed by atoms with E-state index in [9.17, 15) is 0 Å². The zero-order valence-electron chi connectivity index (χ0n) is 11.6. The van der Waals surface area contributed by atoms with Crippen molar-refractivity contribution in [3.63, 3.8) is 0 Å². The van der Waals surface area contributed by atoms with Crippen LogP contribution >= 0.6 is 27.5 Å². The third-order valence-electron chi connectivity index (χ3n) is 3.00. The van der Waals surface area contributed by atoms with Crippen LogP contribution in [-0.2, 0) is 0 Å². The van der Waals surface area contributed by atoms with E-state index < -0.39 is 0 Å². The van der Waals surface area contributed by atoms with Gasteiger partial charge in [0, 0.05) is 11.5 Å². The van der Waals surface area contributed by atoms with Crippen LogP contribution in [-0.4, -0.2) is 19.7 Å². The molecule has 2 aromatic heterocycles. The quantitative estimate of drug-likeness (QED) is 0.770. The van der Waals surface area contributed by atoms with Crippen molar-refractivity contribution in [2.45, 2.75) is 40.5 Å². The van der Waals surface area contributed by atoms with Crippen molar-refractivity contribution in [3.05, 3.63) is 32.4 Å². The molecule has 0 aliphatic heterocycles. The van der Waals surface area contributed by atoms with Crippen molar-refractivity contribution in [2.24, 2.45) is 0 Å². The van der Waals surface area contributed by atoms with Gasteiger partial charge >= 0.3 is 0 Å². The van der Waals surface area contributed by atoms with Crippen molar-refractivity contribution in [1.82, 2.24) is 19.7 Å². The maximum Gasteiger partial charge on any atom is 0.161 e. The van der Waals surface area contributed by atoms with Gasteiger partial charge in [0.25, 0.3) is 0 Å². The van der Waals surface area contributed by atoms with E-state index >= 15 is 0 Å². The fourth-order valence-electron chi connectivity index (χ4n) is 1.79. The smallest absolute Gasteiger partial charge is 0.161 e. The molecule has 0 N–H and O–H groups in total. The van der Waals surface area contributed by atoms with Crippen molar-refractivity contribution in [3.8, 4) is 5.82 Å². The zero-order chi connectivity index (χ0) is 14.3. The molecule has 0 aromatic carbocycles. The minimum absolute atomic E-state index is 0.220. The highest BCUT2D eigenvalue weighted by atomic mass is 79.9. The van der Waals surface area contributed by atoms with Crippen LogP contribution in [0.3, 0.4) is 0 Å². The summed E-state index contributed by atoms with van der Waals surface area (Å²) < 4.78 is 2.81.